The quantitative estimate of drug-likeness (QED) is 0.843. The summed E-state index contributed by atoms with van der Waals surface area (Å²) < 4.78 is 44.9. The molecule has 1 aliphatic heterocycles. The van der Waals surface area contributed by atoms with Gasteiger partial charge in [-0.3, -0.25) is 9.71 Å². The third kappa shape index (κ3) is 3.53. The molecule has 3 rings (SSSR count). The molecule has 0 spiro atoms. The lowest BCUT2D eigenvalue weighted by Crippen LogP contribution is -2.26. The number of ether oxygens (including phenoxy) is 1. The first-order chi connectivity index (χ1) is 11.9. The molecule has 1 N–H and O–H groups in total. The van der Waals surface area contributed by atoms with E-state index in [-0.39, 0.29) is 22.9 Å². The van der Waals surface area contributed by atoms with E-state index in [9.17, 15) is 17.6 Å². The minimum atomic E-state index is -3.67. The van der Waals surface area contributed by atoms with Gasteiger partial charge in [0.1, 0.15) is 24.3 Å². The fourth-order valence-corrected chi connectivity index (χ4v) is 3.60. The van der Waals surface area contributed by atoms with Crippen molar-refractivity contribution in [3.63, 3.8) is 0 Å². The zero-order chi connectivity index (χ0) is 18.0. The summed E-state index contributed by atoms with van der Waals surface area (Å²) in [4.78, 5) is 16.3. The molecular formula is C17H15FN2O4S. The van der Waals surface area contributed by atoms with Gasteiger partial charge < -0.3 is 4.74 Å². The highest BCUT2D eigenvalue weighted by Gasteiger charge is 2.31. The Labute approximate surface area is 144 Å². The van der Waals surface area contributed by atoms with E-state index in [1.807, 2.05) is 0 Å². The maximum Gasteiger partial charge on any atom is 0.330 e. The minimum Gasteiger partial charge on any atom is -0.459 e. The topological polar surface area (TPSA) is 84.8 Å². The fourth-order valence-electron chi connectivity index (χ4n) is 2.36. The van der Waals surface area contributed by atoms with Gasteiger partial charge in [0.2, 0.25) is 0 Å². The van der Waals surface area contributed by atoms with Gasteiger partial charge in [-0.25, -0.2) is 17.6 Å². The maximum atomic E-state index is 13.5. The number of nitrogens with one attached hydrogen (secondary N) is 1. The molecule has 6 nitrogen and oxygen atoms in total. The van der Waals surface area contributed by atoms with Crippen LogP contribution < -0.4 is 4.72 Å². The number of rotatable bonds is 4. The van der Waals surface area contributed by atoms with Crippen molar-refractivity contribution in [2.24, 2.45) is 4.99 Å². The van der Waals surface area contributed by atoms with Gasteiger partial charge in [0.15, 0.2) is 0 Å². The highest BCUT2D eigenvalue weighted by Crippen LogP contribution is 2.22. The Morgan fingerprint density at radius 1 is 1.20 bits per heavy atom. The van der Waals surface area contributed by atoms with Crippen molar-refractivity contribution in [3.8, 4) is 0 Å². The molecule has 0 unspecified atom stereocenters. The normalized spacial score (nSPS) is 17.6. The third-order valence-corrected chi connectivity index (χ3v) is 5.05. The average molecular weight is 362 g/mol. The lowest BCUT2D eigenvalue weighted by atomic mass is 10.2. The van der Waals surface area contributed by atoms with Crippen molar-refractivity contribution in [1.29, 1.82) is 0 Å². The van der Waals surface area contributed by atoms with Crippen LogP contribution in [0.1, 0.15) is 18.1 Å². The summed E-state index contributed by atoms with van der Waals surface area (Å²) >= 11 is 0. The molecule has 2 aromatic rings. The summed E-state index contributed by atoms with van der Waals surface area (Å²) in [6, 6.07) is 11.4. The number of halogens is 1. The van der Waals surface area contributed by atoms with E-state index in [2.05, 4.69) is 9.71 Å². The molecule has 0 aromatic heterocycles. The highest BCUT2D eigenvalue weighted by molar-refractivity contribution is 7.90. The van der Waals surface area contributed by atoms with Crippen LogP contribution in [-0.2, 0) is 26.2 Å². The lowest BCUT2D eigenvalue weighted by molar-refractivity contribution is -0.146. The predicted molar refractivity (Wildman–Crippen MR) is 89.0 cm³/mol. The van der Waals surface area contributed by atoms with E-state index in [4.69, 9.17) is 4.74 Å². The van der Waals surface area contributed by atoms with E-state index in [0.29, 0.717) is 5.56 Å². The summed E-state index contributed by atoms with van der Waals surface area (Å²) in [5.41, 5.74) is 0.652. The van der Waals surface area contributed by atoms with Crippen molar-refractivity contribution in [2.45, 2.75) is 24.5 Å². The number of carbonyl (C=O) groups is 1. The van der Waals surface area contributed by atoms with E-state index in [1.165, 1.54) is 25.1 Å². The second-order valence-corrected chi connectivity index (χ2v) is 7.11. The van der Waals surface area contributed by atoms with Gasteiger partial charge in [-0.2, -0.15) is 0 Å². The largest absolute Gasteiger partial charge is 0.459 e. The summed E-state index contributed by atoms with van der Waals surface area (Å²) in [6.45, 7) is 1.26. The molecule has 1 aliphatic rings. The number of hydrogen-bond donors (Lipinski definition) is 1. The molecule has 1 heterocycles. The molecule has 0 radical (unpaired) electrons. The number of esters is 1. The smallest absolute Gasteiger partial charge is 0.330 e. The van der Waals surface area contributed by atoms with Crippen molar-refractivity contribution >= 4 is 21.8 Å². The maximum absolute atomic E-state index is 13.5. The monoisotopic (exact) mass is 362 g/mol. The Kier molecular flexibility index (Phi) is 4.54. The Bertz CT molecular complexity index is 957. The lowest BCUT2D eigenvalue weighted by Gasteiger charge is -2.09. The van der Waals surface area contributed by atoms with Crippen LogP contribution >= 0.6 is 0 Å². The zero-order valence-corrected chi connectivity index (χ0v) is 14.1. The van der Waals surface area contributed by atoms with Gasteiger partial charge >= 0.3 is 5.97 Å². The number of sulfonamides is 1. The van der Waals surface area contributed by atoms with Gasteiger partial charge in [-0.15, -0.1) is 0 Å². The van der Waals surface area contributed by atoms with Crippen LogP contribution in [0.15, 0.2) is 58.4 Å². The molecule has 2 aromatic carbocycles. The molecule has 0 bridgehead atoms. The first-order valence-electron chi connectivity index (χ1n) is 7.48. The standard InChI is InChI=1S/C17H15FN2O4S/c1-11(17(21)24-10-12-6-2-4-8-14(12)18)19-16-13-7-3-5-9-15(13)25(22,23)20-16/h2-9,11H,10H2,1H3,(H,19,20)/t11-/m1/s1. The summed E-state index contributed by atoms with van der Waals surface area (Å²) in [6.07, 6.45) is 0. The van der Waals surface area contributed by atoms with Gasteiger partial charge in [0, 0.05) is 11.1 Å². The van der Waals surface area contributed by atoms with Gasteiger partial charge in [-0.1, -0.05) is 30.3 Å². The Balaban J connectivity index is 1.74. The molecule has 0 aliphatic carbocycles. The van der Waals surface area contributed by atoms with Crippen LogP contribution in [0.3, 0.4) is 0 Å². The van der Waals surface area contributed by atoms with E-state index >= 15 is 0 Å². The third-order valence-electron chi connectivity index (χ3n) is 3.65. The first kappa shape index (κ1) is 17.1. The van der Waals surface area contributed by atoms with Crippen LogP contribution in [0.2, 0.25) is 0 Å². The van der Waals surface area contributed by atoms with E-state index < -0.39 is 27.9 Å². The molecule has 130 valence electrons. The van der Waals surface area contributed by atoms with Gasteiger partial charge in [0.05, 0.1) is 4.90 Å². The Morgan fingerprint density at radius 3 is 2.64 bits per heavy atom. The van der Waals surface area contributed by atoms with Crippen molar-refractivity contribution < 1.29 is 22.3 Å². The molecule has 0 saturated heterocycles. The number of nitrogens with zero attached hydrogens (tertiary/aromatic N) is 1. The summed E-state index contributed by atoms with van der Waals surface area (Å²) in [7, 11) is -3.67. The molecular weight excluding hydrogens is 347 g/mol. The molecule has 0 amide bonds. The van der Waals surface area contributed by atoms with Crippen LogP contribution in [0.4, 0.5) is 4.39 Å². The molecule has 25 heavy (non-hydrogen) atoms. The SMILES string of the molecule is C[C@@H](N=C1NS(=O)(=O)c2ccccc21)C(=O)OCc1ccccc1F. The Hall–Kier alpha value is -2.74. The van der Waals surface area contributed by atoms with Crippen molar-refractivity contribution in [2.75, 3.05) is 0 Å². The number of aliphatic imine (C=N–C) groups is 1. The summed E-state index contributed by atoms with van der Waals surface area (Å²) in [5, 5.41) is 0. The number of benzene rings is 2. The fraction of sp³-hybridized carbons (Fsp3) is 0.176. The van der Waals surface area contributed by atoms with E-state index in [1.54, 1.807) is 30.3 Å². The Morgan fingerprint density at radius 2 is 1.88 bits per heavy atom. The van der Waals surface area contributed by atoms with E-state index in [0.717, 1.165) is 0 Å². The molecule has 8 heteroatoms. The average Bonchev–Trinajstić information content (AvgIpc) is 2.85. The number of hydrogen-bond acceptors (Lipinski definition) is 5. The van der Waals surface area contributed by atoms with Crippen LogP contribution in [0, 0.1) is 5.82 Å². The van der Waals surface area contributed by atoms with Gasteiger partial charge in [0.25, 0.3) is 10.0 Å². The van der Waals surface area contributed by atoms with Crippen molar-refractivity contribution in [3.05, 3.63) is 65.5 Å². The summed E-state index contributed by atoms with van der Waals surface area (Å²) in [5.74, 6) is -1.06. The molecule has 0 saturated carbocycles. The molecule has 1 atom stereocenters. The zero-order valence-electron chi connectivity index (χ0n) is 13.3. The van der Waals surface area contributed by atoms with Crippen LogP contribution in [-0.4, -0.2) is 26.3 Å². The second-order valence-electron chi connectivity index (χ2n) is 5.45. The van der Waals surface area contributed by atoms with Crippen LogP contribution in [0.5, 0.6) is 0 Å². The predicted octanol–water partition coefficient (Wildman–Crippen LogP) is 2.00. The number of amidine groups is 1. The molecule has 0 fully saturated rings. The van der Waals surface area contributed by atoms with Crippen LogP contribution in [0.25, 0.3) is 0 Å². The highest BCUT2D eigenvalue weighted by atomic mass is 32.2. The first-order valence-corrected chi connectivity index (χ1v) is 8.97. The van der Waals surface area contributed by atoms with Crippen molar-refractivity contribution in [1.82, 2.24) is 4.72 Å². The minimum absolute atomic E-state index is 0.0888. The van der Waals surface area contributed by atoms with Gasteiger partial charge in [-0.05, 0) is 25.1 Å². The second kappa shape index (κ2) is 6.64. The number of fused-ring (bicyclic) bond motifs is 1. The number of carbonyl (C=O) groups excluding carboxylic acids is 1.